The number of amides is 1. The summed E-state index contributed by atoms with van der Waals surface area (Å²) in [5, 5.41) is 5.47. The zero-order chi connectivity index (χ0) is 14.8. The van der Waals surface area contributed by atoms with E-state index in [1.54, 1.807) is 0 Å². The Morgan fingerprint density at radius 2 is 2.10 bits per heavy atom. The lowest BCUT2D eigenvalue weighted by Gasteiger charge is -2.21. The van der Waals surface area contributed by atoms with E-state index >= 15 is 0 Å². The standard InChI is InChI=1S/C13H14ClF3N2O/c14-10-5-1-4-9(13(15,16)17)12(10)19-8-3-2-6-18-11(20)7-8/h1,4-5,8,19H,2-3,6-7H2,(H,18,20). The Balaban J connectivity index is 2.26. The second kappa shape index (κ2) is 5.91. The van der Waals surface area contributed by atoms with Gasteiger partial charge in [-0.15, -0.1) is 0 Å². The molecule has 1 amide bonds. The number of halogens is 4. The molecule has 7 heteroatoms. The number of alkyl halides is 3. The molecule has 1 aromatic rings. The van der Waals surface area contributed by atoms with Crippen LogP contribution < -0.4 is 10.6 Å². The van der Waals surface area contributed by atoms with E-state index in [-0.39, 0.29) is 29.1 Å². The Morgan fingerprint density at radius 3 is 2.80 bits per heavy atom. The van der Waals surface area contributed by atoms with E-state index in [1.165, 1.54) is 12.1 Å². The molecule has 3 nitrogen and oxygen atoms in total. The number of nitrogens with one attached hydrogen (secondary N) is 2. The molecule has 0 spiro atoms. The van der Waals surface area contributed by atoms with Gasteiger partial charge >= 0.3 is 6.18 Å². The van der Waals surface area contributed by atoms with E-state index in [2.05, 4.69) is 10.6 Å². The van der Waals surface area contributed by atoms with Gasteiger partial charge < -0.3 is 10.6 Å². The van der Waals surface area contributed by atoms with Crippen LogP contribution in [0.2, 0.25) is 5.02 Å². The zero-order valence-electron chi connectivity index (χ0n) is 10.6. The number of hydrogen-bond acceptors (Lipinski definition) is 2. The fourth-order valence-electron chi connectivity index (χ4n) is 2.21. The van der Waals surface area contributed by atoms with Crippen LogP contribution in [0.3, 0.4) is 0 Å². The van der Waals surface area contributed by atoms with Gasteiger partial charge in [-0.05, 0) is 25.0 Å². The van der Waals surface area contributed by atoms with Gasteiger partial charge in [0, 0.05) is 19.0 Å². The number of anilines is 1. The molecule has 110 valence electrons. The van der Waals surface area contributed by atoms with E-state index < -0.39 is 11.7 Å². The Hall–Kier alpha value is -1.43. The van der Waals surface area contributed by atoms with Gasteiger partial charge in [0.15, 0.2) is 0 Å². The molecule has 1 aromatic carbocycles. The third-order valence-corrected chi connectivity index (χ3v) is 3.47. The van der Waals surface area contributed by atoms with Crippen LogP contribution in [0, 0.1) is 0 Å². The topological polar surface area (TPSA) is 41.1 Å². The molecule has 1 unspecified atom stereocenters. The maximum Gasteiger partial charge on any atom is 0.418 e. The summed E-state index contributed by atoms with van der Waals surface area (Å²) in [4.78, 5) is 11.4. The first kappa shape index (κ1) is 15.0. The lowest BCUT2D eigenvalue weighted by Crippen LogP contribution is -2.27. The highest BCUT2D eigenvalue weighted by Crippen LogP contribution is 2.39. The van der Waals surface area contributed by atoms with Crippen molar-refractivity contribution < 1.29 is 18.0 Å². The van der Waals surface area contributed by atoms with Gasteiger partial charge in [-0.1, -0.05) is 17.7 Å². The van der Waals surface area contributed by atoms with Crippen LogP contribution in [0.15, 0.2) is 18.2 Å². The molecule has 1 aliphatic rings. The van der Waals surface area contributed by atoms with E-state index in [9.17, 15) is 18.0 Å². The van der Waals surface area contributed by atoms with Crippen molar-refractivity contribution in [3.05, 3.63) is 28.8 Å². The summed E-state index contributed by atoms with van der Waals surface area (Å²) in [6, 6.07) is 3.29. The molecule has 0 bridgehead atoms. The second-order valence-corrected chi connectivity index (χ2v) is 5.10. The average molecular weight is 307 g/mol. The van der Waals surface area contributed by atoms with Crippen molar-refractivity contribution in [3.8, 4) is 0 Å². The number of benzene rings is 1. The number of rotatable bonds is 2. The zero-order valence-corrected chi connectivity index (χ0v) is 11.3. The molecule has 0 saturated carbocycles. The summed E-state index contributed by atoms with van der Waals surface area (Å²) < 4.78 is 38.9. The first-order valence-electron chi connectivity index (χ1n) is 6.27. The predicted octanol–water partition coefficient (Wildman–Crippen LogP) is 3.44. The van der Waals surface area contributed by atoms with Crippen LogP contribution in [-0.4, -0.2) is 18.5 Å². The number of carbonyl (C=O) groups is 1. The maximum atomic E-state index is 13.0. The molecule has 1 aliphatic heterocycles. The molecular weight excluding hydrogens is 293 g/mol. The largest absolute Gasteiger partial charge is 0.418 e. The van der Waals surface area contributed by atoms with Crippen LogP contribution in [0.4, 0.5) is 18.9 Å². The number of hydrogen-bond donors (Lipinski definition) is 2. The van der Waals surface area contributed by atoms with E-state index in [4.69, 9.17) is 11.6 Å². The smallest absolute Gasteiger partial charge is 0.380 e. The van der Waals surface area contributed by atoms with Gasteiger partial charge in [-0.25, -0.2) is 0 Å². The van der Waals surface area contributed by atoms with E-state index in [1.807, 2.05) is 0 Å². The Morgan fingerprint density at radius 1 is 1.35 bits per heavy atom. The van der Waals surface area contributed by atoms with Crippen LogP contribution in [-0.2, 0) is 11.0 Å². The van der Waals surface area contributed by atoms with Crippen LogP contribution >= 0.6 is 11.6 Å². The lowest BCUT2D eigenvalue weighted by molar-refractivity contribution is -0.137. The van der Waals surface area contributed by atoms with Crippen LogP contribution in [0.25, 0.3) is 0 Å². The minimum atomic E-state index is -4.49. The lowest BCUT2D eigenvalue weighted by atomic mass is 10.1. The van der Waals surface area contributed by atoms with Gasteiger partial charge in [0.1, 0.15) is 0 Å². The summed E-state index contributed by atoms with van der Waals surface area (Å²) >= 11 is 5.87. The van der Waals surface area contributed by atoms with E-state index in [0.29, 0.717) is 13.0 Å². The summed E-state index contributed by atoms with van der Waals surface area (Å²) in [6.07, 6.45) is -3.01. The predicted molar refractivity (Wildman–Crippen MR) is 70.7 cm³/mol. The van der Waals surface area contributed by atoms with Crippen molar-refractivity contribution in [2.45, 2.75) is 31.5 Å². The minimum absolute atomic E-state index is 0.00415. The molecule has 1 atom stereocenters. The molecule has 0 aromatic heterocycles. The fraction of sp³-hybridized carbons (Fsp3) is 0.462. The molecule has 2 N–H and O–H groups in total. The van der Waals surface area contributed by atoms with Gasteiger partial charge in [-0.2, -0.15) is 13.2 Å². The summed E-state index contributed by atoms with van der Waals surface area (Å²) in [5.74, 6) is -0.166. The van der Waals surface area contributed by atoms with Gasteiger partial charge in [0.25, 0.3) is 0 Å². The first-order valence-corrected chi connectivity index (χ1v) is 6.64. The molecule has 0 radical (unpaired) electrons. The van der Waals surface area contributed by atoms with Crippen molar-refractivity contribution in [2.75, 3.05) is 11.9 Å². The highest BCUT2D eigenvalue weighted by molar-refractivity contribution is 6.33. The van der Waals surface area contributed by atoms with Crippen LogP contribution in [0.1, 0.15) is 24.8 Å². The summed E-state index contributed by atoms with van der Waals surface area (Å²) in [5.41, 5.74) is -0.962. The molecule has 1 saturated heterocycles. The molecule has 1 fully saturated rings. The van der Waals surface area contributed by atoms with E-state index in [0.717, 1.165) is 12.5 Å². The molecule has 1 heterocycles. The molecule has 0 aliphatic carbocycles. The molecule has 2 rings (SSSR count). The van der Waals surface area contributed by atoms with Crippen molar-refractivity contribution in [3.63, 3.8) is 0 Å². The number of para-hydroxylation sites is 1. The van der Waals surface area contributed by atoms with Crippen molar-refractivity contribution in [1.29, 1.82) is 0 Å². The number of carbonyl (C=O) groups excluding carboxylic acids is 1. The second-order valence-electron chi connectivity index (χ2n) is 4.70. The third kappa shape index (κ3) is 3.56. The highest BCUT2D eigenvalue weighted by atomic mass is 35.5. The van der Waals surface area contributed by atoms with Gasteiger partial charge in [-0.3, -0.25) is 4.79 Å². The van der Waals surface area contributed by atoms with Gasteiger partial charge in [0.2, 0.25) is 5.91 Å². The van der Waals surface area contributed by atoms with Crippen molar-refractivity contribution >= 4 is 23.2 Å². The summed E-state index contributed by atoms with van der Waals surface area (Å²) in [6.45, 7) is 0.547. The average Bonchev–Trinajstić information content (AvgIpc) is 2.55. The quantitative estimate of drug-likeness (QED) is 0.879. The Bertz CT molecular complexity index is 505. The normalized spacial score (nSPS) is 20.2. The Labute approximate surface area is 119 Å². The highest BCUT2D eigenvalue weighted by Gasteiger charge is 2.35. The van der Waals surface area contributed by atoms with Crippen molar-refractivity contribution in [2.24, 2.45) is 0 Å². The summed E-state index contributed by atoms with van der Waals surface area (Å²) in [7, 11) is 0. The minimum Gasteiger partial charge on any atom is -0.380 e. The van der Waals surface area contributed by atoms with Crippen molar-refractivity contribution in [1.82, 2.24) is 5.32 Å². The SMILES string of the molecule is O=C1CC(Nc2c(Cl)cccc2C(F)(F)F)CCCN1. The molecule has 20 heavy (non-hydrogen) atoms. The monoisotopic (exact) mass is 306 g/mol. The van der Waals surface area contributed by atoms with Crippen LogP contribution in [0.5, 0.6) is 0 Å². The molecular formula is C13H14ClF3N2O. The first-order chi connectivity index (χ1) is 9.38. The van der Waals surface area contributed by atoms with Gasteiger partial charge in [0.05, 0.1) is 16.3 Å². The fourth-order valence-corrected chi connectivity index (χ4v) is 2.44. The Kier molecular flexibility index (Phi) is 4.42. The third-order valence-electron chi connectivity index (χ3n) is 3.15. The maximum absolute atomic E-state index is 13.0.